The Morgan fingerprint density at radius 1 is 1.28 bits per heavy atom. The van der Waals surface area contributed by atoms with Crippen LogP contribution < -0.4 is 9.47 Å². The second-order valence-electron chi connectivity index (χ2n) is 6.90. The van der Waals surface area contributed by atoms with Gasteiger partial charge in [0.1, 0.15) is 5.76 Å². The summed E-state index contributed by atoms with van der Waals surface area (Å²) in [6.07, 6.45) is 1.84. The van der Waals surface area contributed by atoms with Crippen molar-refractivity contribution in [1.29, 1.82) is 0 Å². The van der Waals surface area contributed by atoms with E-state index in [1.165, 1.54) is 0 Å². The van der Waals surface area contributed by atoms with Crippen molar-refractivity contribution in [2.75, 3.05) is 27.3 Å². The van der Waals surface area contributed by atoms with Gasteiger partial charge in [0.25, 0.3) is 0 Å². The molecule has 1 aromatic heterocycles. The molecule has 1 N–H and O–H groups in total. The smallest absolute Gasteiger partial charge is 0.226 e. The molecule has 0 amide bonds. The summed E-state index contributed by atoms with van der Waals surface area (Å²) in [5.74, 6) is 2.68. The maximum atomic E-state index is 10.3. The van der Waals surface area contributed by atoms with Crippen LogP contribution in [0.2, 0.25) is 0 Å². The Bertz CT molecular complexity index is 739. The van der Waals surface area contributed by atoms with Crippen LogP contribution in [-0.2, 0) is 6.54 Å². The van der Waals surface area contributed by atoms with Gasteiger partial charge in [-0.1, -0.05) is 0 Å². The summed E-state index contributed by atoms with van der Waals surface area (Å²) in [5.41, 5.74) is 1.13. The lowest BCUT2D eigenvalue weighted by atomic mass is 9.95. The van der Waals surface area contributed by atoms with Crippen LogP contribution in [0, 0.1) is 6.92 Å². The summed E-state index contributed by atoms with van der Waals surface area (Å²) in [6, 6.07) is 5.61. The van der Waals surface area contributed by atoms with Gasteiger partial charge in [0, 0.05) is 18.7 Å². The van der Waals surface area contributed by atoms with Gasteiger partial charge in [-0.3, -0.25) is 4.90 Å². The molecule has 3 rings (SSSR count). The Hall–Kier alpha value is -2.05. The van der Waals surface area contributed by atoms with E-state index in [1.807, 2.05) is 32.0 Å². The third kappa shape index (κ3) is 3.96. The number of hydrogen-bond acceptors (Lipinski definition) is 6. The quantitative estimate of drug-likeness (QED) is 0.898. The number of piperidine rings is 1. The van der Waals surface area contributed by atoms with E-state index >= 15 is 0 Å². The highest BCUT2D eigenvalue weighted by Gasteiger charge is 2.29. The fraction of sp³-hybridized carbons (Fsp3) is 0.526. The number of aryl methyl sites for hydroxylation is 1. The summed E-state index contributed by atoms with van der Waals surface area (Å²) in [5, 5.41) is 10.3. The van der Waals surface area contributed by atoms with Gasteiger partial charge in [-0.2, -0.15) is 0 Å². The fourth-order valence-corrected chi connectivity index (χ4v) is 3.34. The molecule has 1 saturated heterocycles. The van der Waals surface area contributed by atoms with Crippen LogP contribution in [0.4, 0.5) is 0 Å². The number of aromatic nitrogens is 1. The van der Waals surface area contributed by atoms with E-state index in [4.69, 9.17) is 13.9 Å². The average molecular weight is 346 g/mol. The number of benzene rings is 1. The number of aliphatic hydroxyl groups is 1. The molecule has 1 aliphatic heterocycles. The van der Waals surface area contributed by atoms with E-state index in [-0.39, 0.29) is 0 Å². The van der Waals surface area contributed by atoms with Crippen LogP contribution in [-0.4, -0.2) is 47.9 Å². The first-order chi connectivity index (χ1) is 11.9. The van der Waals surface area contributed by atoms with Crippen molar-refractivity contribution in [2.45, 2.75) is 38.8 Å². The minimum absolute atomic E-state index is 0.567. The van der Waals surface area contributed by atoms with Crippen molar-refractivity contribution in [3.05, 3.63) is 29.7 Å². The van der Waals surface area contributed by atoms with Crippen molar-refractivity contribution in [3.63, 3.8) is 0 Å². The molecule has 136 valence electrons. The van der Waals surface area contributed by atoms with Gasteiger partial charge >= 0.3 is 0 Å². The third-order valence-corrected chi connectivity index (χ3v) is 4.65. The molecule has 2 aromatic rings. The molecule has 1 aliphatic rings. The maximum Gasteiger partial charge on any atom is 0.226 e. The van der Waals surface area contributed by atoms with Gasteiger partial charge in [0.2, 0.25) is 5.89 Å². The number of ether oxygens (including phenoxy) is 2. The van der Waals surface area contributed by atoms with Gasteiger partial charge in [0.05, 0.1) is 25.5 Å². The van der Waals surface area contributed by atoms with Gasteiger partial charge < -0.3 is 19.0 Å². The highest BCUT2D eigenvalue weighted by Crippen LogP contribution is 2.33. The normalized spacial score (nSPS) is 21.3. The van der Waals surface area contributed by atoms with Crippen LogP contribution >= 0.6 is 0 Å². The Morgan fingerprint density at radius 3 is 2.72 bits per heavy atom. The first-order valence-electron chi connectivity index (χ1n) is 8.55. The number of oxazole rings is 1. The molecular formula is C19H26N2O4. The molecule has 1 aromatic carbocycles. The van der Waals surface area contributed by atoms with E-state index in [0.717, 1.165) is 36.4 Å². The Morgan fingerprint density at radius 2 is 2.04 bits per heavy atom. The van der Waals surface area contributed by atoms with Gasteiger partial charge in [0.15, 0.2) is 11.5 Å². The maximum absolute atomic E-state index is 10.3. The first kappa shape index (κ1) is 17.8. The standard InChI is InChI=1S/C19H26N2O4/c1-13-15(11-21-9-5-8-19(2,22)12-21)20-18(25-13)14-6-7-16(23-3)17(10-14)24-4/h6-7,10,22H,5,8-9,11-12H2,1-4H3. The molecule has 0 radical (unpaired) electrons. The summed E-state index contributed by atoms with van der Waals surface area (Å²) in [7, 11) is 3.22. The van der Waals surface area contributed by atoms with E-state index in [9.17, 15) is 5.11 Å². The summed E-state index contributed by atoms with van der Waals surface area (Å²) in [4.78, 5) is 6.90. The number of nitrogens with zero attached hydrogens (tertiary/aromatic N) is 2. The molecular weight excluding hydrogens is 320 g/mol. The molecule has 1 fully saturated rings. The van der Waals surface area contributed by atoms with E-state index in [0.29, 0.717) is 30.5 Å². The SMILES string of the molecule is COc1ccc(-c2nc(CN3CCCC(C)(O)C3)c(C)o2)cc1OC. The second kappa shape index (κ2) is 7.06. The summed E-state index contributed by atoms with van der Waals surface area (Å²) in [6.45, 7) is 6.12. The first-order valence-corrected chi connectivity index (χ1v) is 8.55. The molecule has 1 unspecified atom stereocenters. The monoisotopic (exact) mass is 346 g/mol. The molecule has 6 heteroatoms. The second-order valence-corrected chi connectivity index (χ2v) is 6.90. The highest BCUT2D eigenvalue weighted by atomic mass is 16.5. The third-order valence-electron chi connectivity index (χ3n) is 4.65. The number of rotatable bonds is 5. The fourth-order valence-electron chi connectivity index (χ4n) is 3.34. The zero-order chi connectivity index (χ0) is 18.0. The van der Waals surface area contributed by atoms with Gasteiger partial charge in [-0.05, 0) is 51.4 Å². The minimum atomic E-state index is -0.623. The molecule has 0 bridgehead atoms. The van der Waals surface area contributed by atoms with Crippen LogP contribution in [0.1, 0.15) is 31.2 Å². The van der Waals surface area contributed by atoms with Crippen molar-refractivity contribution in [2.24, 2.45) is 0 Å². The average Bonchev–Trinajstić information content (AvgIpc) is 2.94. The molecule has 25 heavy (non-hydrogen) atoms. The van der Waals surface area contributed by atoms with Crippen LogP contribution in [0.25, 0.3) is 11.5 Å². The predicted octanol–water partition coefficient (Wildman–Crippen LogP) is 3.01. The zero-order valence-corrected chi connectivity index (χ0v) is 15.3. The van der Waals surface area contributed by atoms with Gasteiger partial charge in [-0.15, -0.1) is 0 Å². The Labute approximate surface area is 148 Å². The molecule has 1 atom stereocenters. The molecule has 0 aliphatic carbocycles. The molecule has 6 nitrogen and oxygen atoms in total. The largest absolute Gasteiger partial charge is 0.493 e. The van der Waals surface area contributed by atoms with Crippen molar-refractivity contribution < 1.29 is 19.0 Å². The molecule has 0 spiro atoms. The number of β-amino-alcohol motifs (C(OH)–C–C–N with tert-alkyl or cyclic N) is 1. The lowest BCUT2D eigenvalue weighted by molar-refractivity contribution is -0.0185. The minimum Gasteiger partial charge on any atom is -0.493 e. The van der Waals surface area contributed by atoms with Crippen LogP contribution in [0.5, 0.6) is 11.5 Å². The number of methoxy groups -OCH3 is 2. The van der Waals surface area contributed by atoms with Crippen molar-refractivity contribution in [3.8, 4) is 23.0 Å². The van der Waals surface area contributed by atoms with Crippen LogP contribution in [0.3, 0.4) is 0 Å². The predicted molar refractivity (Wildman–Crippen MR) is 94.9 cm³/mol. The lowest BCUT2D eigenvalue weighted by Crippen LogP contribution is -2.45. The van der Waals surface area contributed by atoms with E-state index in [1.54, 1.807) is 14.2 Å². The summed E-state index contributed by atoms with van der Waals surface area (Å²) < 4.78 is 16.5. The lowest BCUT2D eigenvalue weighted by Gasteiger charge is -2.36. The summed E-state index contributed by atoms with van der Waals surface area (Å²) >= 11 is 0. The zero-order valence-electron chi connectivity index (χ0n) is 15.3. The van der Waals surface area contributed by atoms with E-state index < -0.39 is 5.60 Å². The van der Waals surface area contributed by atoms with Crippen LogP contribution in [0.15, 0.2) is 22.6 Å². The van der Waals surface area contributed by atoms with Crippen molar-refractivity contribution in [1.82, 2.24) is 9.88 Å². The molecule has 2 heterocycles. The van der Waals surface area contributed by atoms with Gasteiger partial charge in [-0.25, -0.2) is 4.98 Å². The number of likely N-dealkylation sites (tertiary alicyclic amines) is 1. The van der Waals surface area contributed by atoms with E-state index in [2.05, 4.69) is 9.88 Å². The topological polar surface area (TPSA) is 68.0 Å². The number of hydrogen-bond donors (Lipinski definition) is 1. The Balaban J connectivity index is 1.80. The highest BCUT2D eigenvalue weighted by molar-refractivity contribution is 5.60. The van der Waals surface area contributed by atoms with Crippen molar-refractivity contribution >= 4 is 0 Å². The Kier molecular flexibility index (Phi) is 5.01. The molecule has 0 saturated carbocycles.